The van der Waals surface area contributed by atoms with Crippen LogP contribution < -0.4 is 10.0 Å². The van der Waals surface area contributed by atoms with E-state index in [-0.39, 0.29) is 18.2 Å². The van der Waals surface area contributed by atoms with E-state index >= 15 is 0 Å². The van der Waals surface area contributed by atoms with Crippen LogP contribution in [-0.2, 0) is 29.4 Å². The standard InChI is InChI=1S/C23H32N2O2S.ClH/c1-3-14-28(26,27)25-17-19-10-11-20-12-13-23(24-4-2)22(21(20)16-19)15-18-8-6-5-7-9-18;/h5-11,16,22-25H,3-4,12-15,17H2,1-2H3;1H. The van der Waals surface area contributed by atoms with Gasteiger partial charge in [0.15, 0.2) is 0 Å². The van der Waals surface area contributed by atoms with E-state index < -0.39 is 10.0 Å². The third-order valence-electron chi connectivity index (χ3n) is 5.55. The molecule has 0 radical (unpaired) electrons. The topological polar surface area (TPSA) is 58.2 Å². The van der Waals surface area contributed by atoms with Crippen molar-refractivity contribution in [1.29, 1.82) is 0 Å². The number of fused-ring (bicyclic) bond motifs is 1. The molecule has 0 saturated carbocycles. The van der Waals surface area contributed by atoms with Gasteiger partial charge in [0.1, 0.15) is 0 Å². The van der Waals surface area contributed by atoms with Gasteiger partial charge in [0.2, 0.25) is 10.0 Å². The van der Waals surface area contributed by atoms with Gasteiger partial charge in [-0.2, -0.15) is 0 Å². The first kappa shape index (κ1) is 23.9. The van der Waals surface area contributed by atoms with E-state index in [2.05, 4.69) is 65.5 Å². The minimum atomic E-state index is -3.19. The molecule has 2 atom stereocenters. The van der Waals surface area contributed by atoms with E-state index in [0.717, 1.165) is 31.4 Å². The maximum Gasteiger partial charge on any atom is 0.211 e. The van der Waals surface area contributed by atoms with Gasteiger partial charge >= 0.3 is 0 Å². The highest BCUT2D eigenvalue weighted by Crippen LogP contribution is 2.35. The largest absolute Gasteiger partial charge is 0.314 e. The number of nitrogens with one attached hydrogen (secondary N) is 2. The van der Waals surface area contributed by atoms with Crippen molar-refractivity contribution < 1.29 is 8.42 Å². The summed E-state index contributed by atoms with van der Waals surface area (Å²) in [5.41, 5.74) is 5.15. The molecule has 160 valence electrons. The van der Waals surface area contributed by atoms with Crippen molar-refractivity contribution in [3.8, 4) is 0 Å². The second kappa shape index (κ2) is 11.1. The van der Waals surface area contributed by atoms with Gasteiger partial charge in [-0.25, -0.2) is 13.1 Å². The zero-order valence-electron chi connectivity index (χ0n) is 17.4. The Morgan fingerprint density at radius 3 is 2.48 bits per heavy atom. The highest BCUT2D eigenvalue weighted by molar-refractivity contribution is 7.89. The third-order valence-corrected chi connectivity index (χ3v) is 7.08. The molecule has 1 aliphatic rings. The molecule has 29 heavy (non-hydrogen) atoms. The van der Waals surface area contributed by atoms with Gasteiger partial charge in [0.05, 0.1) is 5.75 Å². The number of aryl methyl sites for hydroxylation is 1. The van der Waals surface area contributed by atoms with Crippen LogP contribution in [0.4, 0.5) is 0 Å². The minimum absolute atomic E-state index is 0. The van der Waals surface area contributed by atoms with E-state index in [1.807, 2.05) is 6.92 Å². The summed E-state index contributed by atoms with van der Waals surface area (Å²) >= 11 is 0. The number of halogens is 1. The molecule has 0 bridgehead atoms. The summed E-state index contributed by atoms with van der Waals surface area (Å²) < 4.78 is 26.8. The minimum Gasteiger partial charge on any atom is -0.314 e. The van der Waals surface area contributed by atoms with Gasteiger partial charge in [0.25, 0.3) is 0 Å². The molecule has 3 rings (SSSR count). The number of hydrogen-bond donors (Lipinski definition) is 2. The number of benzene rings is 2. The number of sulfonamides is 1. The van der Waals surface area contributed by atoms with E-state index in [1.165, 1.54) is 16.7 Å². The zero-order valence-corrected chi connectivity index (χ0v) is 19.0. The van der Waals surface area contributed by atoms with Crippen molar-refractivity contribution in [2.75, 3.05) is 12.3 Å². The fourth-order valence-electron chi connectivity index (χ4n) is 4.22. The monoisotopic (exact) mass is 436 g/mol. The Bertz CT molecular complexity index is 872. The SMILES string of the molecule is CCCS(=O)(=O)NCc1ccc2c(c1)C(Cc1ccccc1)C(NCC)CC2.Cl. The summed E-state index contributed by atoms with van der Waals surface area (Å²) in [6, 6.07) is 17.6. The van der Waals surface area contributed by atoms with Gasteiger partial charge in [0, 0.05) is 18.5 Å². The lowest BCUT2D eigenvalue weighted by Crippen LogP contribution is -2.39. The van der Waals surface area contributed by atoms with Crippen molar-refractivity contribution >= 4 is 22.4 Å². The van der Waals surface area contributed by atoms with Crippen LogP contribution in [0.5, 0.6) is 0 Å². The molecule has 6 heteroatoms. The summed E-state index contributed by atoms with van der Waals surface area (Å²) in [4.78, 5) is 0. The lowest BCUT2D eigenvalue weighted by Gasteiger charge is -2.35. The molecule has 0 saturated heterocycles. The predicted molar refractivity (Wildman–Crippen MR) is 123 cm³/mol. The Morgan fingerprint density at radius 2 is 1.79 bits per heavy atom. The van der Waals surface area contributed by atoms with Crippen molar-refractivity contribution in [3.05, 3.63) is 70.8 Å². The van der Waals surface area contributed by atoms with Crippen LogP contribution in [0.15, 0.2) is 48.5 Å². The normalized spacial score (nSPS) is 18.7. The highest BCUT2D eigenvalue weighted by atomic mass is 35.5. The van der Waals surface area contributed by atoms with Gasteiger partial charge in [-0.1, -0.05) is 62.4 Å². The van der Waals surface area contributed by atoms with Gasteiger partial charge in [-0.05, 0) is 54.5 Å². The first-order chi connectivity index (χ1) is 13.5. The Kier molecular flexibility index (Phi) is 9.15. The Labute approximate surface area is 182 Å². The van der Waals surface area contributed by atoms with Crippen molar-refractivity contribution in [2.24, 2.45) is 0 Å². The molecule has 0 fully saturated rings. The van der Waals surface area contributed by atoms with Crippen LogP contribution in [0.1, 0.15) is 54.9 Å². The van der Waals surface area contributed by atoms with Gasteiger partial charge < -0.3 is 5.32 Å². The summed E-state index contributed by atoms with van der Waals surface area (Å²) in [6.45, 7) is 5.36. The van der Waals surface area contributed by atoms with Crippen LogP contribution in [0.25, 0.3) is 0 Å². The molecule has 0 amide bonds. The van der Waals surface area contributed by atoms with Crippen molar-refractivity contribution in [1.82, 2.24) is 10.0 Å². The molecule has 2 N–H and O–H groups in total. The fourth-order valence-corrected chi connectivity index (χ4v) is 5.29. The van der Waals surface area contributed by atoms with Crippen LogP contribution in [0, 0.1) is 0 Å². The molecule has 0 aliphatic heterocycles. The molecule has 2 unspecified atom stereocenters. The van der Waals surface area contributed by atoms with E-state index in [1.54, 1.807) is 0 Å². The Morgan fingerprint density at radius 1 is 1.03 bits per heavy atom. The first-order valence-electron chi connectivity index (χ1n) is 10.4. The number of likely N-dealkylation sites (N-methyl/N-ethyl adjacent to an activating group) is 1. The summed E-state index contributed by atoms with van der Waals surface area (Å²) in [6.07, 6.45) is 3.83. The molecular formula is C23H33ClN2O2S. The lowest BCUT2D eigenvalue weighted by molar-refractivity contribution is 0.392. The summed E-state index contributed by atoms with van der Waals surface area (Å²) in [5.74, 6) is 0.579. The second-order valence-electron chi connectivity index (χ2n) is 7.67. The molecule has 4 nitrogen and oxygen atoms in total. The average Bonchev–Trinajstić information content (AvgIpc) is 2.69. The smallest absolute Gasteiger partial charge is 0.211 e. The maximum absolute atomic E-state index is 12.0. The second-order valence-corrected chi connectivity index (χ2v) is 9.60. The Balaban J connectivity index is 0.00000300. The van der Waals surface area contributed by atoms with Crippen LogP contribution >= 0.6 is 12.4 Å². The molecule has 1 aliphatic carbocycles. The van der Waals surface area contributed by atoms with Gasteiger partial charge in [-0.3, -0.25) is 0 Å². The van der Waals surface area contributed by atoms with Crippen molar-refractivity contribution in [3.63, 3.8) is 0 Å². The van der Waals surface area contributed by atoms with Crippen molar-refractivity contribution in [2.45, 2.75) is 58.0 Å². The summed E-state index contributed by atoms with van der Waals surface area (Å²) in [7, 11) is -3.19. The highest BCUT2D eigenvalue weighted by Gasteiger charge is 2.29. The zero-order chi connectivity index (χ0) is 20.0. The molecule has 0 heterocycles. The predicted octanol–water partition coefficient (Wildman–Crippen LogP) is 4.19. The van der Waals surface area contributed by atoms with E-state index in [4.69, 9.17) is 0 Å². The van der Waals surface area contributed by atoms with E-state index in [0.29, 0.717) is 24.9 Å². The number of rotatable bonds is 9. The molecule has 2 aromatic carbocycles. The Hall–Kier alpha value is -1.40. The van der Waals surface area contributed by atoms with Crippen LogP contribution in [0.2, 0.25) is 0 Å². The van der Waals surface area contributed by atoms with Crippen LogP contribution in [0.3, 0.4) is 0 Å². The number of hydrogen-bond acceptors (Lipinski definition) is 3. The van der Waals surface area contributed by atoms with Crippen LogP contribution in [-0.4, -0.2) is 26.8 Å². The first-order valence-corrected chi connectivity index (χ1v) is 12.0. The quantitative estimate of drug-likeness (QED) is 0.619. The fraction of sp³-hybridized carbons (Fsp3) is 0.478. The summed E-state index contributed by atoms with van der Waals surface area (Å²) in [5, 5.41) is 3.68. The maximum atomic E-state index is 12.0. The third kappa shape index (κ3) is 6.54. The van der Waals surface area contributed by atoms with Gasteiger partial charge in [-0.15, -0.1) is 12.4 Å². The lowest BCUT2D eigenvalue weighted by atomic mass is 9.75. The molecule has 0 spiro atoms. The molecular weight excluding hydrogens is 404 g/mol. The van der Waals surface area contributed by atoms with E-state index in [9.17, 15) is 8.42 Å². The molecule has 0 aromatic heterocycles. The molecule has 2 aromatic rings. The average molecular weight is 437 g/mol.